The van der Waals surface area contributed by atoms with Crippen LogP contribution in [0, 0.1) is 0 Å². The molecule has 1 rings (SSSR count). The minimum Gasteiger partial charge on any atom is -0.497 e. The molecular weight excluding hydrogens is 398 g/mol. The number of benzene rings is 1. The standard InChI is InChI=1S/C23H39NO5Si/c1-23(2,3)30(7,8)29-16-14-19(17-22(25)24(4)27-6)13-15-28-18-20-9-11-21(26-5)12-10-20/h9-12,17H,13-16,18H2,1-8H3/b19-17-. The van der Waals surface area contributed by atoms with Crippen molar-refractivity contribution in [1.29, 1.82) is 0 Å². The highest BCUT2D eigenvalue weighted by atomic mass is 28.4. The molecule has 0 saturated heterocycles. The van der Waals surface area contributed by atoms with Crippen molar-refractivity contribution < 1.29 is 23.5 Å². The number of rotatable bonds is 12. The number of carbonyl (C=O) groups excluding carboxylic acids is 1. The second kappa shape index (κ2) is 12.2. The van der Waals surface area contributed by atoms with Gasteiger partial charge in [-0.1, -0.05) is 38.5 Å². The Bertz CT molecular complexity index is 680. The third-order valence-electron chi connectivity index (χ3n) is 5.60. The summed E-state index contributed by atoms with van der Waals surface area (Å²) >= 11 is 0. The fraction of sp³-hybridized carbons (Fsp3) is 0.609. The Morgan fingerprint density at radius 1 is 1.07 bits per heavy atom. The summed E-state index contributed by atoms with van der Waals surface area (Å²) in [5, 5.41) is 1.37. The molecule has 0 aromatic heterocycles. The largest absolute Gasteiger partial charge is 0.497 e. The first-order valence-corrected chi connectivity index (χ1v) is 13.3. The average Bonchev–Trinajstić information content (AvgIpc) is 2.69. The zero-order valence-corrected chi connectivity index (χ0v) is 20.9. The first-order chi connectivity index (χ1) is 14.0. The van der Waals surface area contributed by atoms with Crippen LogP contribution in [0.1, 0.15) is 39.2 Å². The summed E-state index contributed by atoms with van der Waals surface area (Å²) in [5.41, 5.74) is 2.08. The van der Waals surface area contributed by atoms with Crippen LogP contribution in [0.25, 0.3) is 0 Å². The molecule has 6 nitrogen and oxygen atoms in total. The SMILES string of the molecule is COc1ccc(COCC/C(=C/C(=O)N(C)OC)CCO[Si](C)(C)C(C)(C)C)cc1. The summed E-state index contributed by atoms with van der Waals surface area (Å²) in [6.07, 6.45) is 3.00. The second-order valence-corrected chi connectivity index (χ2v) is 13.6. The average molecular weight is 438 g/mol. The van der Waals surface area contributed by atoms with E-state index in [1.54, 1.807) is 20.2 Å². The van der Waals surface area contributed by atoms with Gasteiger partial charge in [0.15, 0.2) is 8.32 Å². The molecule has 1 amide bonds. The molecule has 0 N–H and O–H groups in total. The maximum absolute atomic E-state index is 12.3. The highest BCUT2D eigenvalue weighted by Crippen LogP contribution is 2.36. The monoisotopic (exact) mass is 437 g/mol. The number of likely N-dealkylation sites (N-methyl/N-ethyl adjacent to an activating group) is 1. The van der Waals surface area contributed by atoms with Crippen LogP contribution in [0.15, 0.2) is 35.9 Å². The molecule has 170 valence electrons. The smallest absolute Gasteiger partial charge is 0.269 e. The highest BCUT2D eigenvalue weighted by Gasteiger charge is 2.36. The quantitative estimate of drug-likeness (QED) is 0.200. The lowest BCUT2D eigenvalue weighted by Crippen LogP contribution is -2.41. The third kappa shape index (κ3) is 9.00. The van der Waals surface area contributed by atoms with E-state index in [1.165, 1.54) is 12.2 Å². The maximum atomic E-state index is 12.3. The number of amides is 1. The predicted molar refractivity (Wildman–Crippen MR) is 123 cm³/mol. The lowest BCUT2D eigenvalue weighted by atomic mass is 10.1. The Balaban J connectivity index is 2.62. The minimum atomic E-state index is -1.82. The van der Waals surface area contributed by atoms with Crippen LogP contribution < -0.4 is 4.74 Å². The molecule has 0 fully saturated rings. The second-order valence-electron chi connectivity index (χ2n) is 8.83. The number of hydrogen-bond acceptors (Lipinski definition) is 5. The van der Waals surface area contributed by atoms with Crippen LogP contribution in [0.3, 0.4) is 0 Å². The van der Waals surface area contributed by atoms with Crippen molar-refractivity contribution >= 4 is 14.2 Å². The third-order valence-corrected chi connectivity index (χ3v) is 10.1. The van der Waals surface area contributed by atoms with Crippen molar-refractivity contribution in [1.82, 2.24) is 5.06 Å². The Morgan fingerprint density at radius 3 is 2.20 bits per heavy atom. The minimum absolute atomic E-state index is 0.157. The zero-order chi connectivity index (χ0) is 22.8. The van der Waals surface area contributed by atoms with Crippen molar-refractivity contribution in [3.63, 3.8) is 0 Å². The van der Waals surface area contributed by atoms with Gasteiger partial charge in [0, 0.05) is 19.7 Å². The molecule has 0 aliphatic heterocycles. The van der Waals surface area contributed by atoms with Gasteiger partial charge in [-0.05, 0) is 48.7 Å². The van der Waals surface area contributed by atoms with Gasteiger partial charge in [0.1, 0.15) is 5.75 Å². The number of ether oxygens (including phenoxy) is 2. The highest BCUT2D eigenvalue weighted by molar-refractivity contribution is 6.74. The number of methoxy groups -OCH3 is 1. The van der Waals surface area contributed by atoms with Crippen molar-refractivity contribution in [2.45, 2.75) is 58.4 Å². The number of hydrogen-bond donors (Lipinski definition) is 0. The fourth-order valence-corrected chi connectivity index (χ4v) is 3.44. The first kappa shape index (κ1) is 26.4. The van der Waals surface area contributed by atoms with Crippen molar-refractivity contribution in [3.8, 4) is 5.75 Å². The van der Waals surface area contributed by atoms with Crippen molar-refractivity contribution in [3.05, 3.63) is 41.5 Å². The van der Waals surface area contributed by atoms with E-state index in [-0.39, 0.29) is 10.9 Å². The van der Waals surface area contributed by atoms with Crippen LogP contribution in [-0.2, 0) is 25.4 Å². The van der Waals surface area contributed by atoms with E-state index in [2.05, 4.69) is 33.9 Å². The molecule has 7 heteroatoms. The van der Waals surface area contributed by atoms with Gasteiger partial charge in [-0.25, -0.2) is 5.06 Å². The summed E-state index contributed by atoms with van der Waals surface area (Å²) in [4.78, 5) is 17.3. The lowest BCUT2D eigenvalue weighted by molar-refractivity contribution is -0.162. The van der Waals surface area contributed by atoms with Gasteiger partial charge in [0.25, 0.3) is 5.91 Å². The van der Waals surface area contributed by atoms with Gasteiger partial charge < -0.3 is 13.9 Å². The normalized spacial score (nSPS) is 12.7. The van der Waals surface area contributed by atoms with Gasteiger partial charge in [-0.3, -0.25) is 9.63 Å². The molecule has 0 spiro atoms. The van der Waals surface area contributed by atoms with Crippen molar-refractivity contribution in [2.24, 2.45) is 0 Å². The number of carbonyl (C=O) groups is 1. The lowest BCUT2D eigenvalue weighted by Gasteiger charge is -2.36. The maximum Gasteiger partial charge on any atom is 0.269 e. The topological polar surface area (TPSA) is 57.2 Å². The molecule has 0 aliphatic rings. The molecule has 1 aromatic rings. The van der Waals surface area contributed by atoms with E-state index in [0.29, 0.717) is 32.7 Å². The van der Waals surface area contributed by atoms with E-state index in [4.69, 9.17) is 18.7 Å². The van der Waals surface area contributed by atoms with E-state index in [9.17, 15) is 4.79 Å². The number of hydroxylamine groups is 2. The predicted octanol–water partition coefficient (Wildman–Crippen LogP) is 4.96. The number of nitrogens with zero attached hydrogens (tertiary/aromatic N) is 1. The fourth-order valence-electron chi connectivity index (χ4n) is 2.39. The first-order valence-electron chi connectivity index (χ1n) is 10.4. The molecule has 30 heavy (non-hydrogen) atoms. The van der Waals surface area contributed by atoms with Crippen LogP contribution in [-0.4, -0.2) is 53.8 Å². The Hall–Kier alpha value is -1.67. The molecular formula is C23H39NO5Si. The zero-order valence-electron chi connectivity index (χ0n) is 19.9. The molecule has 0 atom stereocenters. The Morgan fingerprint density at radius 2 is 1.67 bits per heavy atom. The van der Waals surface area contributed by atoms with Crippen molar-refractivity contribution in [2.75, 3.05) is 34.5 Å². The van der Waals surface area contributed by atoms with Crippen LogP contribution in [0.2, 0.25) is 18.1 Å². The van der Waals surface area contributed by atoms with Crippen LogP contribution in [0.5, 0.6) is 5.75 Å². The summed E-state index contributed by atoms with van der Waals surface area (Å²) in [7, 11) is 2.91. The molecule has 0 unspecified atom stereocenters. The van der Waals surface area contributed by atoms with E-state index >= 15 is 0 Å². The summed E-state index contributed by atoms with van der Waals surface area (Å²) < 4.78 is 17.3. The van der Waals surface area contributed by atoms with Crippen LogP contribution >= 0.6 is 0 Å². The molecule has 0 heterocycles. The van der Waals surface area contributed by atoms with Gasteiger partial charge >= 0.3 is 0 Å². The summed E-state index contributed by atoms with van der Waals surface area (Å²) in [6, 6.07) is 7.81. The molecule has 0 bridgehead atoms. The summed E-state index contributed by atoms with van der Waals surface area (Å²) in [6.45, 7) is 12.8. The van der Waals surface area contributed by atoms with E-state index in [0.717, 1.165) is 16.9 Å². The summed E-state index contributed by atoms with van der Waals surface area (Å²) in [5.74, 6) is 0.640. The molecule has 0 aliphatic carbocycles. The van der Waals surface area contributed by atoms with E-state index in [1.807, 2.05) is 24.3 Å². The van der Waals surface area contributed by atoms with Gasteiger partial charge in [0.05, 0.1) is 27.4 Å². The Labute approximate surface area is 183 Å². The van der Waals surface area contributed by atoms with Gasteiger partial charge in [-0.15, -0.1) is 0 Å². The van der Waals surface area contributed by atoms with Gasteiger partial charge in [0.2, 0.25) is 0 Å². The van der Waals surface area contributed by atoms with E-state index < -0.39 is 8.32 Å². The molecule has 0 saturated carbocycles. The molecule has 1 aromatic carbocycles. The van der Waals surface area contributed by atoms with Crippen LogP contribution in [0.4, 0.5) is 0 Å². The molecule has 0 radical (unpaired) electrons. The van der Waals surface area contributed by atoms with Gasteiger partial charge in [-0.2, -0.15) is 0 Å². The Kier molecular flexibility index (Phi) is 10.8.